The lowest BCUT2D eigenvalue weighted by Gasteiger charge is -2.29. The van der Waals surface area contributed by atoms with Crippen molar-refractivity contribution < 1.29 is 4.79 Å². The molecule has 1 aromatic heterocycles. The van der Waals surface area contributed by atoms with Crippen molar-refractivity contribution in [2.45, 2.75) is 34.6 Å². The number of nitrogens with one attached hydrogen (secondary N) is 2. The first-order valence-electron chi connectivity index (χ1n) is 6.21. The molecule has 4 nitrogen and oxygen atoms in total. The third-order valence-corrected chi connectivity index (χ3v) is 3.57. The minimum absolute atomic E-state index is 0.00706. The quantitative estimate of drug-likeness (QED) is 0.859. The van der Waals surface area contributed by atoms with Crippen LogP contribution in [0.5, 0.6) is 0 Å². The summed E-state index contributed by atoms with van der Waals surface area (Å²) in [5, 5.41) is 2.82. The largest absolute Gasteiger partial charge is 0.364 e. The first-order chi connectivity index (χ1) is 8.24. The molecule has 100 valence electrons. The van der Waals surface area contributed by atoms with Crippen molar-refractivity contribution in [2.75, 3.05) is 6.54 Å². The van der Waals surface area contributed by atoms with Crippen molar-refractivity contribution in [1.29, 1.82) is 0 Å². The van der Waals surface area contributed by atoms with Gasteiger partial charge < -0.3 is 10.3 Å². The molecule has 0 spiro atoms. The third kappa shape index (κ3) is 3.45. The summed E-state index contributed by atoms with van der Waals surface area (Å²) in [7, 11) is 0. The average molecular weight is 250 g/mol. The lowest BCUT2D eigenvalue weighted by atomic mass is 9.81. The molecule has 1 rings (SSSR count). The van der Waals surface area contributed by atoms with E-state index in [2.05, 4.69) is 38.0 Å². The van der Waals surface area contributed by atoms with E-state index < -0.39 is 0 Å². The van der Waals surface area contributed by atoms with Crippen molar-refractivity contribution >= 4 is 5.91 Å². The first kappa shape index (κ1) is 14.5. The molecule has 1 amide bonds. The monoisotopic (exact) mass is 250 g/mol. The number of carbonyl (C=O) groups excluding carboxylic acids is 1. The van der Waals surface area contributed by atoms with Crippen LogP contribution in [0.1, 0.15) is 43.7 Å². The van der Waals surface area contributed by atoms with Crippen LogP contribution in [0.2, 0.25) is 0 Å². The highest BCUT2D eigenvalue weighted by Crippen LogP contribution is 2.24. The molecule has 1 heterocycles. The van der Waals surface area contributed by atoms with Gasteiger partial charge in [0.25, 0.3) is 5.91 Å². The highest BCUT2D eigenvalue weighted by Gasteiger charge is 2.23. The highest BCUT2D eigenvalue weighted by atomic mass is 16.2. The number of H-pyrrole nitrogens is 1. The van der Waals surface area contributed by atoms with E-state index in [-0.39, 0.29) is 22.3 Å². The summed E-state index contributed by atoms with van der Waals surface area (Å²) >= 11 is 0. The fourth-order valence-electron chi connectivity index (χ4n) is 1.36. The van der Waals surface area contributed by atoms with Gasteiger partial charge in [-0.2, -0.15) is 0 Å². The summed E-state index contributed by atoms with van der Waals surface area (Å²) < 4.78 is 0. The number of aromatic nitrogens is 1. The van der Waals surface area contributed by atoms with Gasteiger partial charge in [0.1, 0.15) is 5.56 Å². The molecule has 0 aliphatic rings. The summed E-state index contributed by atoms with van der Waals surface area (Å²) in [6.07, 6.45) is 1.47. The molecule has 0 atom stereocenters. The van der Waals surface area contributed by atoms with Crippen molar-refractivity contribution in [3.63, 3.8) is 0 Å². The molecule has 0 aromatic carbocycles. The highest BCUT2D eigenvalue weighted by molar-refractivity contribution is 5.93. The second kappa shape index (κ2) is 5.38. The van der Waals surface area contributed by atoms with E-state index in [1.54, 1.807) is 6.92 Å². The van der Waals surface area contributed by atoms with Gasteiger partial charge in [-0.05, 0) is 18.3 Å². The number of hydrogen-bond acceptors (Lipinski definition) is 2. The van der Waals surface area contributed by atoms with Gasteiger partial charge in [0.2, 0.25) is 0 Å². The maximum Gasteiger partial charge on any atom is 0.256 e. The van der Waals surface area contributed by atoms with E-state index in [0.717, 1.165) is 5.69 Å². The van der Waals surface area contributed by atoms with Crippen LogP contribution in [0, 0.1) is 18.3 Å². The van der Waals surface area contributed by atoms with Gasteiger partial charge in [0.15, 0.2) is 5.43 Å². The van der Waals surface area contributed by atoms with Crippen molar-refractivity contribution in [1.82, 2.24) is 10.3 Å². The molecule has 2 N–H and O–H groups in total. The van der Waals surface area contributed by atoms with Gasteiger partial charge in [-0.15, -0.1) is 0 Å². The van der Waals surface area contributed by atoms with Crippen molar-refractivity contribution in [2.24, 2.45) is 11.3 Å². The maximum atomic E-state index is 11.9. The molecule has 0 saturated carbocycles. The SMILES string of the molecule is Cc1cc(=O)c(C(=O)NCC(C)(C)C(C)C)c[nH]1. The number of rotatable bonds is 4. The molecule has 1 aromatic rings. The number of carbonyl (C=O) groups is 1. The molecule has 0 fully saturated rings. The number of hydrogen-bond donors (Lipinski definition) is 2. The Labute approximate surface area is 108 Å². The second-order valence-electron chi connectivity index (χ2n) is 5.72. The van der Waals surface area contributed by atoms with E-state index in [4.69, 9.17) is 0 Å². The number of aryl methyl sites for hydroxylation is 1. The molecule has 0 saturated heterocycles. The van der Waals surface area contributed by atoms with Crippen molar-refractivity contribution in [3.05, 3.63) is 33.7 Å². The topological polar surface area (TPSA) is 62.0 Å². The van der Waals surface area contributed by atoms with Gasteiger partial charge >= 0.3 is 0 Å². The molecule has 4 heteroatoms. The van der Waals surface area contributed by atoms with Crippen LogP contribution < -0.4 is 10.7 Å². The second-order valence-corrected chi connectivity index (χ2v) is 5.72. The van der Waals surface area contributed by atoms with E-state index >= 15 is 0 Å². The Bertz CT molecular complexity index is 487. The molecular formula is C14H22N2O2. The smallest absolute Gasteiger partial charge is 0.256 e. The predicted octanol–water partition coefficient (Wildman–Crippen LogP) is 2.10. The number of pyridine rings is 1. The lowest BCUT2D eigenvalue weighted by molar-refractivity contribution is 0.0923. The molecule has 0 aliphatic heterocycles. The normalized spacial score (nSPS) is 11.7. The standard InChI is InChI=1S/C14H22N2O2/c1-9(2)14(4,5)8-16-13(18)11-7-15-10(3)6-12(11)17/h6-7,9H,8H2,1-5H3,(H,15,17)(H,16,18). The van der Waals surface area contributed by atoms with E-state index in [9.17, 15) is 9.59 Å². The number of aromatic amines is 1. The summed E-state index contributed by atoms with van der Waals surface area (Å²) in [5.41, 5.74) is 0.679. The maximum absolute atomic E-state index is 11.9. The van der Waals surface area contributed by atoms with Gasteiger partial charge in [0, 0.05) is 24.5 Å². The van der Waals surface area contributed by atoms with Gasteiger partial charge in [-0.25, -0.2) is 0 Å². The Kier molecular flexibility index (Phi) is 4.33. The van der Waals surface area contributed by atoms with Crippen LogP contribution in [0.15, 0.2) is 17.1 Å². The third-order valence-electron chi connectivity index (χ3n) is 3.57. The Morgan fingerprint density at radius 2 is 2.06 bits per heavy atom. The van der Waals surface area contributed by atoms with Gasteiger partial charge in [-0.1, -0.05) is 27.7 Å². The van der Waals surface area contributed by atoms with Crippen LogP contribution >= 0.6 is 0 Å². The first-order valence-corrected chi connectivity index (χ1v) is 6.21. The minimum Gasteiger partial charge on any atom is -0.364 e. The zero-order valence-corrected chi connectivity index (χ0v) is 11.8. The summed E-state index contributed by atoms with van der Waals surface area (Å²) in [4.78, 5) is 26.5. The summed E-state index contributed by atoms with van der Waals surface area (Å²) in [6.45, 7) is 10.8. The minimum atomic E-state index is -0.315. The van der Waals surface area contributed by atoms with Crippen LogP contribution in [0.4, 0.5) is 0 Å². The van der Waals surface area contributed by atoms with Crippen LogP contribution in [-0.4, -0.2) is 17.4 Å². The molecule has 18 heavy (non-hydrogen) atoms. The Morgan fingerprint density at radius 3 is 2.56 bits per heavy atom. The van der Waals surface area contributed by atoms with E-state index in [1.165, 1.54) is 12.3 Å². The van der Waals surface area contributed by atoms with E-state index in [0.29, 0.717) is 12.5 Å². The zero-order chi connectivity index (χ0) is 13.9. The van der Waals surface area contributed by atoms with Gasteiger partial charge in [0.05, 0.1) is 0 Å². The summed E-state index contributed by atoms with van der Waals surface area (Å²) in [6, 6.07) is 1.43. The Morgan fingerprint density at radius 1 is 1.44 bits per heavy atom. The number of amides is 1. The molecule has 0 aliphatic carbocycles. The lowest BCUT2D eigenvalue weighted by Crippen LogP contribution is -2.38. The van der Waals surface area contributed by atoms with Crippen LogP contribution in [0.25, 0.3) is 0 Å². The fourth-order valence-corrected chi connectivity index (χ4v) is 1.36. The zero-order valence-electron chi connectivity index (χ0n) is 11.8. The average Bonchev–Trinajstić information content (AvgIpc) is 2.25. The molecule has 0 radical (unpaired) electrons. The van der Waals surface area contributed by atoms with E-state index in [1.807, 2.05) is 0 Å². The fraction of sp³-hybridized carbons (Fsp3) is 0.571. The van der Waals surface area contributed by atoms with Crippen molar-refractivity contribution in [3.8, 4) is 0 Å². The molecule has 0 unspecified atom stereocenters. The molecular weight excluding hydrogens is 228 g/mol. The van der Waals surface area contributed by atoms with Crippen LogP contribution in [0.3, 0.4) is 0 Å². The molecule has 0 bridgehead atoms. The Balaban J connectivity index is 2.75. The Hall–Kier alpha value is -1.58. The predicted molar refractivity (Wildman–Crippen MR) is 72.8 cm³/mol. The summed E-state index contributed by atoms with van der Waals surface area (Å²) in [5.74, 6) is 0.138. The van der Waals surface area contributed by atoms with Gasteiger partial charge in [-0.3, -0.25) is 9.59 Å². The van der Waals surface area contributed by atoms with Crippen LogP contribution in [-0.2, 0) is 0 Å².